The van der Waals surface area contributed by atoms with E-state index in [1.807, 2.05) is 31.2 Å². The number of benzene rings is 1. The lowest BCUT2D eigenvalue weighted by Crippen LogP contribution is -2.51. The van der Waals surface area contributed by atoms with E-state index in [9.17, 15) is 15.3 Å². The van der Waals surface area contributed by atoms with Crippen molar-refractivity contribution in [1.82, 2.24) is 0 Å². The lowest BCUT2D eigenvalue weighted by Gasteiger charge is -2.38. The predicted molar refractivity (Wildman–Crippen MR) is 87.0 cm³/mol. The quantitative estimate of drug-likeness (QED) is 0.614. The fraction of sp³-hybridized carbons (Fsp3) is 0.462. The van der Waals surface area contributed by atoms with Crippen LogP contribution in [0.3, 0.4) is 0 Å². The number of nitrogens with two attached hydrogens (primary N) is 1. The second kappa shape index (κ2) is 6.64. The fourth-order valence-electron chi connectivity index (χ4n) is 1.94. The molecule has 2 rings (SSSR count). The molecule has 20 heavy (non-hydrogen) atoms. The molecule has 4 nitrogen and oxygen atoms in total. The van der Waals surface area contributed by atoms with Crippen molar-refractivity contribution in [2.45, 2.75) is 40.0 Å². The van der Waals surface area contributed by atoms with Gasteiger partial charge in [0.05, 0.1) is 10.7 Å². The number of hydrogen-bond acceptors (Lipinski definition) is 6. The predicted octanol–water partition coefficient (Wildman–Crippen LogP) is 0.957. The molecule has 1 aromatic rings. The zero-order valence-electron chi connectivity index (χ0n) is 10.8. The smallest absolute Gasteiger partial charge is 0.109 e. The zero-order chi connectivity index (χ0) is 14.9. The van der Waals surface area contributed by atoms with Gasteiger partial charge in [0, 0.05) is 15.7 Å². The lowest BCUT2D eigenvalue weighted by molar-refractivity contribution is -0.0565. The second-order valence-electron chi connectivity index (χ2n) is 4.69. The van der Waals surface area contributed by atoms with E-state index in [1.54, 1.807) is 0 Å². The Balaban J connectivity index is 2.07. The molecule has 1 aliphatic heterocycles. The van der Waals surface area contributed by atoms with Crippen LogP contribution in [-0.2, 0) is 0 Å². The summed E-state index contributed by atoms with van der Waals surface area (Å²) in [5.74, 6) is 0. The first-order valence-electron chi connectivity index (χ1n) is 6.16. The van der Waals surface area contributed by atoms with Gasteiger partial charge in [-0.15, -0.1) is 23.5 Å². The van der Waals surface area contributed by atoms with Crippen molar-refractivity contribution in [3.05, 3.63) is 29.8 Å². The summed E-state index contributed by atoms with van der Waals surface area (Å²) in [7, 11) is 0. The number of rotatable bonds is 3. The summed E-state index contributed by atoms with van der Waals surface area (Å²) < 4.78 is -0.223. The molecule has 0 bridgehead atoms. The van der Waals surface area contributed by atoms with Crippen LogP contribution in [-0.4, -0.2) is 48.5 Å². The van der Waals surface area contributed by atoms with Gasteiger partial charge in [0.25, 0.3) is 0 Å². The highest BCUT2D eigenvalue weighted by Crippen LogP contribution is 2.41. The molecule has 0 unspecified atom stereocenters. The van der Waals surface area contributed by atoms with Crippen LogP contribution in [0.2, 0.25) is 0 Å². The summed E-state index contributed by atoms with van der Waals surface area (Å²) in [5.41, 5.74) is 6.34. The Morgan fingerprint density at radius 1 is 1.15 bits per heavy atom. The van der Waals surface area contributed by atoms with Gasteiger partial charge in [-0.05, 0) is 12.1 Å². The molecular weight excluding hydrogens is 314 g/mol. The van der Waals surface area contributed by atoms with Crippen molar-refractivity contribution in [1.29, 1.82) is 0 Å². The minimum atomic E-state index is -1.11. The topological polar surface area (TPSA) is 86.7 Å². The van der Waals surface area contributed by atoms with Crippen molar-refractivity contribution in [2.75, 3.05) is 0 Å². The van der Waals surface area contributed by atoms with E-state index in [0.717, 1.165) is 10.5 Å². The number of aliphatic hydroxyl groups is 3. The third-order valence-corrected chi connectivity index (χ3v) is 6.37. The maximum absolute atomic E-state index is 10.0. The largest absolute Gasteiger partial charge is 0.389 e. The second-order valence-corrected chi connectivity index (χ2v) is 8.16. The highest BCUT2D eigenvalue weighted by Gasteiger charge is 2.41. The minimum Gasteiger partial charge on any atom is -0.389 e. The molecule has 0 amide bonds. The van der Waals surface area contributed by atoms with E-state index >= 15 is 0 Å². The first kappa shape index (κ1) is 16.1. The zero-order valence-corrected chi connectivity index (χ0v) is 13.3. The van der Waals surface area contributed by atoms with Gasteiger partial charge in [0.2, 0.25) is 0 Å². The third-order valence-electron chi connectivity index (χ3n) is 3.20. The van der Waals surface area contributed by atoms with Gasteiger partial charge in [-0.2, -0.15) is 0 Å². The van der Waals surface area contributed by atoms with Crippen molar-refractivity contribution >= 4 is 40.7 Å². The van der Waals surface area contributed by atoms with E-state index < -0.39 is 18.3 Å². The van der Waals surface area contributed by atoms with Crippen LogP contribution in [0.5, 0.6) is 0 Å². The van der Waals surface area contributed by atoms with Crippen LogP contribution in [0.4, 0.5) is 0 Å². The highest BCUT2D eigenvalue weighted by atomic mass is 32.2. The molecule has 0 spiro atoms. The van der Waals surface area contributed by atoms with Crippen LogP contribution < -0.4 is 5.73 Å². The summed E-state index contributed by atoms with van der Waals surface area (Å²) in [4.78, 5) is 1.30. The summed E-state index contributed by atoms with van der Waals surface area (Å²) in [5, 5.41) is 29.5. The molecule has 0 radical (unpaired) electrons. The maximum atomic E-state index is 10.0. The van der Waals surface area contributed by atoms with Crippen molar-refractivity contribution in [3.63, 3.8) is 0 Å². The standard InChI is InChI=1S/C13H17NO3S3/c1-6-9(15)10(16)11(17)13(19-6)20-8-4-2-7(3-5-8)12(14)18/h2-6,9-11,13,15-17H,1H3,(H2,14,18)/t6-,9-,10+,11-,13+/m1/s1. The number of hydrogen-bond donors (Lipinski definition) is 4. The molecule has 1 fully saturated rings. The van der Waals surface area contributed by atoms with Crippen LogP contribution in [0.25, 0.3) is 0 Å². The monoisotopic (exact) mass is 331 g/mol. The SMILES string of the molecule is C[C@H]1S[C@@H](Sc2ccc(C(N)=S)cc2)[C@H](O)[C@@H](O)[C@@H]1O. The normalized spacial score (nSPS) is 33.9. The van der Waals surface area contributed by atoms with Crippen molar-refractivity contribution in [3.8, 4) is 0 Å². The fourth-order valence-corrected chi connectivity index (χ4v) is 5.09. The summed E-state index contributed by atoms with van der Waals surface area (Å²) in [6, 6.07) is 7.43. The summed E-state index contributed by atoms with van der Waals surface area (Å²) in [6.07, 6.45) is -2.98. The molecule has 110 valence electrons. The van der Waals surface area contributed by atoms with Crippen LogP contribution in [0.1, 0.15) is 12.5 Å². The molecule has 0 saturated carbocycles. The first-order chi connectivity index (χ1) is 9.40. The molecule has 0 aromatic heterocycles. The van der Waals surface area contributed by atoms with Gasteiger partial charge in [-0.25, -0.2) is 0 Å². The molecule has 5 atom stereocenters. The van der Waals surface area contributed by atoms with E-state index in [2.05, 4.69) is 0 Å². The van der Waals surface area contributed by atoms with Gasteiger partial charge in [0.1, 0.15) is 17.2 Å². The van der Waals surface area contributed by atoms with E-state index in [4.69, 9.17) is 18.0 Å². The van der Waals surface area contributed by atoms with Gasteiger partial charge in [0.15, 0.2) is 0 Å². The van der Waals surface area contributed by atoms with Crippen molar-refractivity contribution in [2.24, 2.45) is 5.73 Å². The Morgan fingerprint density at radius 3 is 2.30 bits per heavy atom. The molecule has 1 aromatic carbocycles. The summed E-state index contributed by atoms with van der Waals surface area (Å²) in [6.45, 7) is 1.84. The Hall–Kier alpha value is -0.310. The number of aliphatic hydroxyl groups excluding tert-OH is 3. The van der Waals surface area contributed by atoms with Gasteiger partial charge < -0.3 is 21.1 Å². The molecule has 1 saturated heterocycles. The van der Waals surface area contributed by atoms with Crippen LogP contribution in [0.15, 0.2) is 29.2 Å². The number of thioether (sulfide) groups is 2. The third kappa shape index (κ3) is 3.47. The maximum Gasteiger partial charge on any atom is 0.109 e. The van der Waals surface area contributed by atoms with E-state index in [1.165, 1.54) is 23.5 Å². The lowest BCUT2D eigenvalue weighted by atomic mass is 10.1. The van der Waals surface area contributed by atoms with Gasteiger partial charge in [-0.1, -0.05) is 31.3 Å². The minimum absolute atomic E-state index is 0.123. The Morgan fingerprint density at radius 2 is 1.75 bits per heavy atom. The molecular formula is C13H17NO3S3. The first-order valence-corrected chi connectivity index (χ1v) is 8.39. The number of thiocarbonyl (C=S) groups is 1. The average Bonchev–Trinajstić information content (AvgIpc) is 2.43. The molecule has 5 N–H and O–H groups in total. The Labute approximate surface area is 131 Å². The van der Waals surface area contributed by atoms with E-state index in [0.29, 0.717) is 4.99 Å². The Kier molecular flexibility index (Phi) is 5.33. The van der Waals surface area contributed by atoms with Crippen molar-refractivity contribution < 1.29 is 15.3 Å². The average molecular weight is 331 g/mol. The van der Waals surface area contributed by atoms with Gasteiger partial charge >= 0.3 is 0 Å². The van der Waals surface area contributed by atoms with Crippen LogP contribution >= 0.6 is 35.7 Å². The highest BCUT2D eigenvalue weighted by molar-refractivity contribution is 8.17. The molecule has 1 heterocycles. The molecule has 1 aliphatic rings. The molecule has 7 heteroatoms. The van der Waals surface area contributed by atoms with E-state index in [-0.39, 0.29) is 9.83 Å². The van der Waals surface area contributed by atoms with Gasteiger partial charge in [-0.3, -0.25) is 0 Å². The molecule has 0 aliphatic carbocycles. The van der Waals surface area contributed by atoms with Crippen LogP contribution in [0, 0.1) is 0 Å². The summed E-state index contributed by atoms with van der Waals surface area (Å²) >= 11 is 7.82. The Bertz CT molecular complexity index is 482.